The number of esters is 1. The fourth-order valence-electron chi connectivity index (χ4n) is 2.22. The Kier molecular flexibility index (Phi) is 4.33. The number of likely N-dealkylation sites (tertiary alicyclic amines) is 1. The van der Waals surface area contributed by atoms with E-state index in [4.69, 9.17) is 4.74 Å². The highest BCUT2D eigenvalue weighted by Crippen LogP contribution is 2.18. The molecule has 0 aromatic heterocycles. The zero-order chi connectivity index (χ0) is 13.0. The van der Waals surface area contributed by atoms with Crippen molar-refractivity contribution in [3.8, 4) is 0 Å². The molecule has 2 rings (SSSR count). The fraction of sp³-hybridized carbons (Fsp3) is 0.500. The summed E-state index contributed by atoms with van der Waals surface area (Å²) in [7, 11) is 2.01. The van der Waals surface area contributed by atoms with Crippen molar-refractivity contribution in [1.29, 1.82) is 0 Å². The molecule has 4 nitrogen and oxygen atoms in total. The van der Waals surface area contributed by atoms with E-state index in [2.05, 4.69) is 4.90 Å². The SMILES string of the molecule is CN1CCC[C@@H](OC(=O)[C@@H](O)c2ccccc2)C1. The summed E-state index contributed by atoms with van der Waals surface area (Å²) in [5.41, 5.74) is 0.576. The van der Waals surface area contributed by atoms with Gasteiger partial charge in [-0.05, 0) is 32.0 Å². The van der Waals surface area contributed by atoms with Gasteiger partial charge in [0.05, 0.1) is 0 Å². The van der Waals surface area contributed by atoms with E-state index in [0.29, 0.717) is 5.56 Å². The van der Waals surface area contributed by atoms with Gasteiger partial charge in [0.1, 0.15) is 6.10 Å². The Morgan fingerprint density at radius 1 is 1.44 bits per heavy atom. The van der Waals surface area contributed by atoms with Gasteiger partial charge in [0.25, 0.3) is 0 Å². The Hall–Kier alpha value is -1.39. The van der Waals surface area contributed by atoms with Gasteiger partial charge < -0.3 is 14.7 Å². The number of benzene rings is 1. The number of likely N-dealkylation sites (N-methyl/N-ethyl adjacent to an activating group) is 1. The minimum absolute atomic E-state index is 0.102. The Bertz CT molecular complexity index is 393. The maximum absolute atomic E-state index is 11.8. The molecule has 18 heavy (non-hydrogen) atoms. The van der Waals surface area contributed by atoms with Crippen molar-refractivity contribution in [2.75, 3.05) is 20.1 Å². The van der Waals surface area contributed by atoms with E-state index in [1.54, 1.807) is 24.3 Å². The summed E-state index contributed by atoms with van der Waals surface area (Å²) in [6.07, 6.45) is 0.612. The van der Waals surface area contributed by atoms with E-state index < -0.39 is 12.1 Å². The zero-order valence-electron chi connectivity index (χ0n) is 10.6. The van der Waals surface area contributed by atoms with Crippen LogP contribution in [0.5, 0.6) is 0 Å². The quantitative estimate of drug-likeness (QED) is 0.822. The molecule has 1 N–H and O–H groups in total. The molecule has 0 radical (unpaired) electrons. The van der Waals surface area contributed by atoms with E-state index in [0.717, 1.165) is 25.9 Å². The first kappa shape index (κ1) is 13.1. The van der Waals surface area contributed by atoms with Crippen LogP contribution in [0.4, 0.5) is 0 Å². The van der Waals surface area contributed by atoms with Crippen molar-refractivity contribution in [3.63, 3.8) is 0 Å². The molecule has 0 saturated carbocycles. The Labute approximate surface area is 107 Å². The van der Waals surface area contributed by atoms with E-state index >= 15 is 0 Å². The molecular weight excluding hydrogens is 230 g/mol. The van der Waals surface area contributed by atoms with Crippen molar-refractivity contribution >= 4 is 5.97 Å². The lowest BCUT2D eigenvalue weighted by atomic mass is 10.1. The van der Waals surface area contributed by atoms with Crippen molar-refractivity contribution in [2.45, 2.75) is 25.0 Å². The Morgan fingerprint density at radius 3 is 2.83 bits per heavy atom. The standard InChI is InChI=1S/C14H19NO3/c1-15-9-5-8-12(10-15)18-14(17)13(16)11-6-3-2-4-7-11/h2-4,6-7,12-13,16H,5,8-10H2,1H3/t12-,13+/m1/s1. The number of hydrogen-bond donors (Lipinski definition) is 1. The number of carbonyl (C=O) groups is 1. The summed E-state index contributed by atoms with van der Waals surface area (Å²) in [6.45, 7) is 1.78. The zero-order valence-corrected chi connectivity index (χ0v) is 10.6. The number of rotatable bonds is 3. The van der Waals surface area contributed by atoms with Crippen LogP contribution in [-0.4, -0.2) is 42.2 Å². The normalized spacial score (nSPS) is 22.4. The smallest absolute Gasteiger partial charge is 0.339 e. The number of aliphatic hydroxyl groups excluding tert-OH is 1. The highest BCUT2D eigenvalue weighted by atomic mass is 16.6. The third-order valence-electron chi connectivity index (χ3n) is 3.20. The molecule has 0 aliphatic carbocycles. The van der Waals surface area contributed by atoms with Crippen LogP contribution >= 0.6 is 0 Å². The van der Waals surface area contributed by atoms with Gasteiger partial charge in [0.2, 0.25) is 0 Å². The molecule has 1 heterocycles. The van der Waals surface area contributed by atoms with Crippen LogP contribution in [0.3, 0.4) is 0 Å². The van der Waals surface area contributed by atoms with Crippen LogP contribution in [0.25, 0.3) is 0 Å². The van der Waals surface area contributed by atoms with Gasteiger partial charge >= 0.3 is 5.97 Å². The van der Waals surface area contributed by atoms with Gasteiger partial charge in [-0.2, -0.15) is 0 Å². The monoisotopic (exact) mass is 249 g/mol. The molecule has 0 spiro atoms. The first-order valence-electron chi connectivity index (χ1n) is 6.29. The minimum Gasteiger partial charge on any atom is -0.459 e. The first-order valence-corrected chi connectivity index (χ1v) is 6.29. The van der Waals surface area contributed by atoms with Crippen LogP contribution in [0.15, 0.2) is 30.3 Å². The predicted molar refractivity (Wildman–Crippen MR) is 68.0 cm³/mol. The fourth-order valence-corrected chi connectivity index (χ4v) is 2.22. The van der Waals surface area contributed by atoms with Crippen LogP contribution < -0.4 is 0 Å². The Balaban J connectivity index is 1.91. The largest absolute Gasteiger partial charge is 0.459 e. The molecule has 1 aromatic carbocycles. The van der Waals surface area contributed by atoms with Crippen molar-refractivity contribution in [1.82, 2.24) is 4.90 Å². The molecule has 1 saturated heterocycles. The second kappa shape index (κ2) is 5.98. The number of carbonyl (C=O) groups excluding carboxylic acids is 1. The first-order chi connectivity index (χ1) is 8.66. The minimum atomic E-state index is -1.18. The van der Waals surface area contributed by atoms with Crippen LogP contribution in [0.2, 0.25) is 0 Å². The lowest BCUT2D eigenvalue weighted by Crippen LogP contribution is -2.38. The summed E-state index contributed by atoms with van der Waals surface area (Å²) in [5.74, 6) is -0.554. The average Bonchev–Trinajstić information content (AvgIpc) is 2.39. The van der Waals surface area contributed by atoms with Crippen LogP contribution in [0.1, 0.15) is 24.5 Å². The Morgan fingerprint density at radius 2 is 2.17 bits per heavy atom. The molecule has 1 fully saturated rings. The van der Waals surface area contributed by atoms with E-state index in [1.807, 2.05) is 13.1 Å². The highest BCUT2D eigenvalue weighted by molar-refractivity contribution is 5.76. The summed E-state index contributed by atoms with van der Waals surface area (Å²) < 4.78 is 5.35. The molecule has 0 amide bonds. The van der Waals surface area contributed by atoms with Crippen LogP contribution in [0, 0.1) is 0 Å². The molecule has 0 bridgehead atoms. The second-order valence-electron chi connectivity index (χ2n) is 4.78. The second-order valence-corrected chi connectivity index (χ2v) is 4.78. The summed E-state index contributed by atoms with van der Waals surface area (Å²) in [5, 5.41) is 9.90. The maximum atomic E-state index is 11.8. The number of piperidine rings is 1. The van der Waals surface area contributed by atoms with Gasteiger partial charge in [-0.3, -0.25) is 0 Å². The molecule has 1 aliphatic heterocycles. The lowest BCUT2D eigenvalue weighted by molar-refractivity contribution is -0.161. The molecule has 1 aliphatic rings. The number of hydrogen-bond acceptors (Lipinski definition) is 4. The third-order valence-corrected chi connectivity index (χ3v) is 3.20. The summed E-state index contributed by atoms with van der Waals surface area (Å²) >= 11 is 0. The van der Waals surface area contributed by atoms with Gasteiger partial charge in [0.15, 0.2) is 6.10 Å². The van der Waals surface area contributed by atoms with Crippen molar-refractivity contribution in [3.05, 3.63) is 35.9 Å². The topological polar surface area (TPSA) is 49.8 Å². The van der Waals surface area contributed by atoms with Crippen molar-refractivity contribution < 1.29 is 14.6 Å². The van der Waals surface area contributed by atoms with Gasteiger partial charge in [-0.15, -0.1) is 0 Å². The van der Waals surface area contributed by atoms with Gasteiger partial charge in [0, 0.05) is 6.54 Å². The number of nitrogens with zero attached hydrogens (tertiary/aromatic N) is 1. The number of ether oxygens (including phenoxy) is 1. The summed E-state index contributed by atoms with van der Waals surface area (Å²) in [6, 6.07) is 8.87. The maximum Gasteiger partial charge on any atom is 0.339 e. The number of aliphatic hydroxyl groups is 1. The average molecular weight is 249 g/mol. The predicted octanol–water partition coefficient (Wildman–Crippen LogP) is 1.36. The molecular formula is C14H19NO3. The van der Waals surface area contributed by atoms with Gasteiger partial charge in [-0.1, -0.05) is 30.3 Å². The molecule has 1 aromatic rings. The highest BCUT2D eigenvalue weighted by Gasteiger charge is 2.25. The molecule has 4 heteroatoms. The van der Waals surface area contributed by atoms with Gasteiger partial charge in [-0.25, -0.2) is 4.79 Å². The lowest BCUT2D eigenvalue weighted by Gasteiger charge is -2.29. The third kappa shape index (κ3) is 3.31. The van der Waals surface area contributed by atoms with E-state index in [-0.39, 0.29) is 6.10 Å². The van der Waals surface area contributed by atoms with Crippen molar-refractivity contribution in [2.24, 2.45) is 0 Å². The van der Waals surface area contributed by atoms with Crippen LogP contribution in [-0.2, 0) is 9.53 Å². The van der Waals surface area contributed by atoms with E-state index in [9.17, 15) is 9.90 Å². The molecule has 0 unspecified atom stereocenters. The molecule has 2 atom stereocenters. The summed E-state index contributed by atoms with van der Waals surface area (Å²) in [4.78, 5) is 14.0. The van der Waals surface area contributed by atoms with E-state index in [1.165, 1.54) is 0 Å². The molecule has 98 valence electrons.